The number of carboxylic acids is 1. The molecule has 0 fully saturated rings. The van der Waals surface area contributed by atoms with Crippen molar-refractivity contribution in [1.82, 2.24) is 10.2 Å². The Balaban J connectivity index is 2.68. The lowest BCUT2D eigenvalue weighted by molar-refractivity contribution is -0.138. The summed E-state index contributed by atoms with van der Waals surface area (Å²) in [5, 5.41) is 10.9. The van der Waals surface area contributed by atoms with Crippen molar-refractivity contribution in [3.63, 3.8) is 0 Å². The third-order valence-corrected chi connectivity index (χ3v) is 3.08. The van der Waals surface area contributed by atoms with Crippen LogP contribution in [0.4, 0.5) is 0 Å². The molecule has 1 unspecified atom stereocenters. The van der Waals surface area contributed by atoms with Gasteiger partial charge in [0.1, 0.15) is 6.54 Å². The van der Waals surface area contributed by atoms with Gasteiger partial charge in [-0.3, -0.25) is 14.5 Å². The molecule has 0 radical (unpaired) electrons. The van der Waals surface area contributed by atoms with Crippen LogP contribution in [0.3, 0.4) is 0 Å². The molecule has 0 aliphatic rings. The predicted molar refractivity (Wildman–Crippen MR) is 77.3 cm³/mol. The second-order valence-corrected chi connectivity index (χ2v) is 5.19. The smallest absolute Gasteiger partial charge is 0.322 e. The molecule has 20 heavy (non-hydrogen) atoms. The first-order valence-electron chi connectivity index (χ1n) is 6.65. The Kier molecular flexibility index (Phi) is 6.18. The van der Waals surface area contributed by atoms with E-state index < -0.39 is 5.97 Å². The number of hydrogen-bond acceptors (Lipinski definition) is 3. The van der Waals surface area contributed by atoms with Crippen molar-refractivity contribution in [1.29, 1.82) is 0 Å². The average Bonchev–Trinajstić information content (AvgIpc) is 2.37. The van der Waals surface area contributed by atoms with E-state index >= 15 is 0 Å². The highest BCUT2D eigenvalue weighted by molar-refractivity contribution is 5.82. The van der Waals surface area contributed by atoms with Crippen LogP contribution in [0.5, 0.6) is 0 Å². The second-order valence-electron chi connectivity index (χ2n) is 5.19. The molecule has 0 aliphatic heterocycles. The van der Waals surface area contributed by atoms with E-state index in [1.807, 2.05) is 42.3 Å². The maximum atomic E-state index is 11.7. The van der Waals surface area contributed by atoms with Gasteiger partial charge >= 0.3 is 5.97 Å². The second kappa shape index (κ2) is 7.65. The third-order valence-electron chi connectivity index (χ3n) is 3.08. The number of likely N-dealkylation sites (N-methyl/N-ethyl adjacent to an activating group) is 1. The summed E-state index contributed by atoms with van der Waals surface area (Å²) in [4.78, 5) is 24.1. The summed E-state index contributed by atoms with van der Waals surface area (Å²) >= 11 is 0. The van der Waals surface area contributed by atoms with E-state index in [4.69, 9.17) is 5.11 Å². The molecule has 0 bridgehead atoms. The minimum atomic E-state index is -1.04. The van der Waals surface area contributed by atoms with Crippen molar-refractivity contribution < 1.29 is 14.7 Å². The monoisotopic (exact) mass is 278 g/mol. The van der Waals surface area contributed by atoms with Gasteiger partial charge in [-0.1, -0.05) is 44.2 Å². The molecular formula is C15H22N2O3. The van der Waals surface area contributed by atoms with Gasteiger partial charge in [0.15, 0.2) is 0 Å². The fraction of sp³-hybridized carbons (Fsp3) is 0.467. The molecule has 0 saturated carbocycles. The van der Waals surface area contributed by atoms with Crippen molar-refractivity contribution in [3.8, 4) is 0 Å². The first-order valence-corrected chi connectivity index (χ1v) is 6.65. The van der Waals surface area contributed by atoms with Crippen LogP contribution in [0.25, 0.3) is 0 Å². The molecule has 1 aromatic rings. The Hall–Kier alpha value is -1.88. The zero-order valence-corrected chi connectivity index (χ0v) is 12.2. The molecule has 0 spiro atoms. The average molecular weight is 278 g/mol. The Labute approximate surface area is 119 Å². The van der Waals surface area contributed by atoms with Gasteiger partial charge in [0.25, 0.3) is 0 Å². The minimum Gasteiger partial charge on any atom is -0.480 e. The molecule has 0 heterocycles. The van der Waals surface area contributed by atoms with Crippen LogP contribution in [0.1, 0.15) is 25.5 Å². The van der Waals surface area contributed by atoms with E-state index in [0.717, 1.165) is 5.56 Å². The van der Waals surface area contributed by atoms with Crippen molar-refractivity contribution in [2.75, 3.05) is 20.1 Å². The summed E-state index contributed by atoms with van der Waals surface area (Å²) in [6.45, 7) is 4.03. The van der Waals surface area contributed by atoms with Crippen LogP contribution in [-0.4, -0.2) is 42.0 Å². The van der Waals surface area contributed by atoms with E-state index in [1.54, 1.807) is 0 Å². The number of carbonyl (C=O) groups is 2. The van der Waals surface area contributed by atoms with Gasteiger partial charge in [-0.25, -0.2) is 0 Å². The minimum absolute atomic E-state index is 0.117. The summed E-state index contributed by atoms with van der Waals surface area (Å²) in [5.74, 6) is -0.976. The molecule has 1 aromatic carbocycles. The standard InChI is InChI=1S/C15H22N2O3/c1-11(2)15(12-7-5-4-6-8-12)17(3)10-13(18)16-9-14(19)20/h4-8,11,15H,9-10H2,1-3H3,(H,16,18)(H,19,20). The summed E-state index contributed by atoms with van der Waals surface area (Å²) in [6.07, 6.45) is 0. The Morgan fingerprint density at radius 1 is 1.25 bits per heavy atom. The van der Waals surface area contributed by atoms with Crippen LogP contribution in [0, 0.1) is 5.92 Å². The molecule has 2 N–H and O–H groups in total. The summed E-state index contributed by atoms with van der Waals surface area (Å²) < 4.78 is 0. The number of nitrogens with zero attached hydrogens (tertiary/aromatic N) is 1. The lowest BCUT2D eigenvalue weighted by Crippen LogP contribution is -2.40. The first kappa shape index (κ1) is 16.2. The lowest BCUT2D eigenvalue weighted by atomic mass is 9.95. The number of aliphatic carboxylic acids is 1. The molecule has 5 heteroatoms. The van der Waals surface area contributed by atoms with Crippen LogP contribution < -0.4 is 5.32 Å². The number of nitrogens with one attached hydrogen (secondary N) is 1. The Morgan fingerprint density at radius 3 is 2.35 bits per heavy atom. The predicted octanol–water partition coefficient (Wildman–Crippen LogP) is 1.52. The van der Waals surface area contributed by atoms with Gasteiger partial charge in [0, 0.05) is 6.04 Å². The molecular weight excluding hydrogens is 256 g/mol. The molecule has 1 rings (SSSR count). The van der Waals surface area contributed by atoms with Gasteiger partial charge in [-0.05, 0) is 18.5 Å². The highest BCUT2D eigenvalue weighted by atomic mass is 16.4. The van der Waals surface area contributed by atoms with E-state index in [0.29, 0.717) is 5.92 Å². The van der Waals surface area contributed by atoms with Gasteiger partial charge in [0.05, 0.1) is 6.54 Å². The molecule has 5 nitrogen and oxygen atoms in total. The maximum absolute atomic E-state index is 11.7. The van der Waals surface area contributed by atoms with Crippen LogP contribution in [0.15, 0.2) is 30.3 Å². The number of hydrogen-bond donors (Lipinski definition) is 2. The summed E-state index contributed by atoms with van der Waals surface area (Å²) in [5.41, 5.74) is 1.15. The SMILES string of the molecule is CC(C)C(c1ccccc1)N(C)CC(=O)NCC(=O)O. The van der Waals surface area contributed by atoms with Gasteiger partial charge in [-0.2, -0.15) is 0 Å². The van der Waals surface area contributed by atoms with Crippen LogP contribution in [0.2, 0.25) is 0 Å². The van der Waals surface area contributed by atoms with E-state index in [1.165, 1.54) is 0 Å². The van der Waals surface area contributed by atoms with E-state index in [9.17, 15) is 9.59 Å². The fourth-order valence-corrected chi connectivity index (χ4v) is 2.35. The van der Waals surface area contributed by atoms with Crippen molar-refractivity contribution in [2.24, 2.45) is 5.92 Å². The number of rotatable bonds is 7. The van der Waals surface area contributed by atoms with Gasteiger partial charge in [0.2, 0.25) is 5.91 Å². The van der Waals surface area contributed by atoms with Gasteiger partial charge in [-0.15, -0.1) is 0 Å². The molecule has 0 aliphatic carbocycles. The highest BCUT2D eigenvalue weighted by Gasteiger charge is 2.22. The first-order chi connectivity index (χ1) is 9.41. The van der Waals surface area contributed by atoms with Crippen LogP contribution >= 0.6 is 0 Å². The van der Waals surface area contributed by atoms with Crippen molar-refractivity contribution in [2.45, 2.75) is 19.9 Å². The molecule has 0 saturated heterocycles. The maximum Gasteiger partial charge on any atom is 0.322 e. The van der Waals surface area contributed by atoms with Crippen molar-refractivity contribution in [3.05, 3.63) is 35.9 Å². The Bertz CT molecular complexity index is 446. The highest BCUT2D eigenvalue weighted by Crippen LogP contribution is 2.26. The molecule has 110 valence electrons. The largest absolute Gasteiger partial charge is 0.480 e. The lowest BCUT2D eigenvalue weighted by Gasteiger charge is -2.31. The molecule has 1 atom stereocenters. The zero-order chi connectivity index (χ0) is 15.1. The van der Waals surface area contributed by atoms with Crippen molar-refractivity contribution >= 4 is 11.9 Å². The quantitative estimate of drug-likeness (QED) is 0.793. The Morgan fingerprint density at radius 2 is 1.85 bits per heavy atom. The topological polar surface area (TPSA) is 69.6 Å². The summed E-state index contributed by atoms with van der Waals surface area (Å²) in [7, 11) is 1.87. The van der Waals surface area contributed by atoms with E-state index in [-0.39, 0.29) is 25.0 Å². The summed E-state index contributed by atoms with van der Waals surface area (Å²) in [6, 6.07) is 10.1. The number of carbonyl (C=O) groups excluding carboxylic acids is 1. The number of carboxylic acid groups (broad SMARTS) is 1. The third kappa shape index (κ3) is 5.01. The van der Waals surface area contributed by atoms with E-state index in [2.05, 4.69) is 19.2 Å². The molecule has 0 aromatic heterocycles. The van der Waals surface area contributed by atoms with Crippen LogP contribution in [-0.2, 0) is 9.59 Å². The number of benzene rings is 1. The van der Waals surface area contributed by atoms with Gasteiger partial charge < -0.3 is 10.4 Å². The fourth-order valence-electron chi connectivity index (χ4n) is 2.35. The normalized spacial score (nSPS) is 12.4. The zero-order valence-electron chi connectivity index (χ0n) is 12.2. The number of amides is 1. The molecule has 1 amide bonds.